The Bertz CT molecular complexity index is 599. The van der Waals surface area contributed by atoms with Gasteiger partial charge in [0.2, 0.25) is 0 Å². The monoisotopic (exact) mass is 360 g/mol. The van der Waals surface area contributed by atoms with Crippen LogP contribution in [0.5, 0.6) is 0 Å². The van der Waals surface area contributed by atoms with Crippen LogP contribution in [0, 0.1) is 5.92 Å². The summed E-state index contributed by atoms with van der Waals surface area (Å²) in [5.74, 6) is 1.59. The third kappa shape index (κ3) is 7.04. The maximum Gasteiger partial charge on any atom is 0.251 e. The SMILES string of the molecule is CCCNC(=O)c1cccc(CNC(=NC)N(C)CCOCC2CC2)c1. The quantitative estimate of drug-likeness (QED) is 0.382. The van der Waals surface area contributed by atoms with E-state index in [0.29, 0.717) is 25.3 Å². The van der Waals surface area contributed by atoms with Crippen LogP contribution in [0.2, 0.25) is 0 Å². The van der Waals surface area contributed by atoms with Crippen LogP contribution in [0.15, 0.2) is 29.3 Å². The Morgan fingerprint density at radius 2 is 2.15 bits per heavy atom. The summed E-state index contributed by atoms with van der Waals surface area (Å²) in [6.45, 7) is 5.75. The van der Waals surface area contributed by atoms with Crippen molar-refractivity contribution in [1.82, 2.24) is 15.5 Å². The fraction of sp³-hybridized carbons (Fsp3) is 0.600. The Hall–Kier alpha value is -2.08. The van der Waals surface area contributed by atoms with Crippen LogP contribution in [0.1, 0.15) is 42.1 Å². The lowest BCUT2D eigenvalue weighted by Crippen LogP contribution is -2.40. The van der Waals surface area contributed by atoms with Crippen LogP contribution < -0.4 is 10.6 Å². The number of hydrogen-bond donors (Lipinski definition) is 2. The summed E-state index contributed by atoms with van der Waals surface area (Å²) >= 11 is 0. The van der Waals surface area contributed by atoms with E-state index in [9.17, 15) is 4.79 Å². The standard InChI is InChI=1S/C20H32N4O2/c1-4-10-22-19(25)18-7-5-6-17(13-18)14-23-20(21-2)24(3)11-12-26-15-16-8-9-16/h5-7,13,16H,4,8-12,14-15H2,1-3H3,(H,21,23)(H,22,25). The maximum atomic E-state index is 12.1. The molecular formula is C20H32N4O2. The highest BCUT2D eigenvalue weighted by atomic mass is 16.5. The van der Waals surface area contributed by atoms with Gasteiger partial charge in [-0.15, -0.1) is 0 Å². The molecule has 0 bridgehead atoms. The molecule has 1 aromatic rings. The average molecular weight is 361 g/mol. The first kappa shape index (κ1) is 20.2. The Kier molecular flexibility index (Phi) is 8.41. The largest absolute Gasteiger partial charge is 0.379 e. The highest BCUT2D eigenvalue weighted by Gasteiger charge is 2.21. The lowest BCUT2D eigenvalue weighted by Gasteiger charge is -2.22. The predicted molar refractivity (Wildman–Crippen MR) is 105 cm³/mol. The van der Waals surface area contributed by atoms with E-state index >= 15 is 0 Å². The molecule has 1 amide bonds. The second-order valence-electron chi connectivity index (χ2n) is 6.80. The zero-order chi connectivity index (χ0) is 18.8. The zero-order valence-corrected chi connectivity index (χ0v) is 16.3. The molecule has 0 heterocycles. The number of carbonyl (C=O) groups excluding carboxylic acids is 1. The van der Waals surface area contributed by atoms with Crippen LogP contribution in [0.25, 0.3) is 0 Å². The number of guanidine groups is 1. The molecule has 1 aromatic carbocycles. The van der Waals surface area contributed by atoms with Gasteiger partial charge in [0.05, 0.1) is 6.61 Å². The predicted octanol–water partition coefficient (Wildman–Crippen LogP) is 2.26. The number of rotatable bonds is 10. The molecule has 26 heavy (non-hydrogen) atoms. The van der Waals surface area contributed by atoms with Crippen molar-refractivity contribution in [3.63, 3.8) is 0 Å². The van der Waals surface area contributed by atoms with Crippen molar-refractivity contribution in [2.24, 2.45) is 10.9 Å². The average Bonchev–Trinajstić information content (AvgIpc) is 3.48. The number of benzene rings is 1. The minimum atomic E-state index is -0.0250. The van der Waals surface area contributed by atoms with E-state index in [4.69, 9.17) is 4.74 Å². The first-order chi connectivity index (χ1) is 12.6. The van der Waals surface area contributed by atoms with Gasteiger partial charge in [-0.25, -0.2) is 0 Å². The normalized spacial score (nSPS) is 14.2. The molecule has 1 aliphatic rings. The second kappa shape index (κ2) is 10.8. The van der Waals surface area contributed by atoms with Crippen molar-refractivity contribution in [2.75, 3.05) is 40.4 Å². The minimum absolute atomic E-state index is 0.0250. The van der Waals surface area contributed by atoms with Gasteiger partial charge in [-0.1, -0.05) is 19.1 Å². The van der Waals surface area contributed by atoms with Crippen LogP contribution in [-0.4, -0.2) is 57.2 Å². The molecule has 6 heteroatoms. The highest BCUT2D eigenvalue weighted by molar-refractivity contribution is 5.94. The number of hydrogen-bond acceptors (Lipinski definition) is 3. The molecule has 0 saturated heterocycles. The maximum absolute atomic E-state index is 12.1. The molecule has 0 aromatic heterocycles. The van der Waals surface area contributed by atoms with Crippen molar-refractivity contribution in [2.45, 2.75) is 32.7 Å². The molecule has 0 unspecified atom stereocenters. The summed E-state index contributed by atoms with van der Waals surface area (Å²) in [6.07, 6.45) is 3.56. The first-order valence-electron chi connectivity index (χ1n) is 9.50. The van der Waals surface area contributed by atoms with E-state index < -0.39 is 0 Å². The second-order valence-corrected chi connectivity index (χ2v) is 6.80. The molecule has 0 radical (unpaired) electrons. The van der Waals surface area contributed by atoms with Crippen LogP contribution in [0.3, 0.4) is 0 Å². The molecule has 1 fully saturated rings. The summed E-state index contributed by atoms with van der Waals surface area (Å²) in [7, 11) is 3.78. The third-order valence-corrected chi connectivity index (χ3v) is 4.37. The lowest BCUT2D eigenvalue weighted by molar-refractivity contribution is 0.0953. The molecule has 2 rings (SSSR count). The van der Waals surface area contributed by atoms with E-state index in [1.54, 1.807) is 7.05 Å². The molecule has 144 valence electrons. The zero-order valence-electron chi connectivity index (χ0n) is 16.3. The smallest absolute Gasteiger partial charge is 0.251 e. The number of carbonyl (C=O) groups is 1. The molecule has 2 N–H and O–H groups in total. The van der Waals surface area contributed by atoms with Gasteiger partial charge in [-0.05, 0) is 42.9 Å². The number of nitrogens with zero attached hydrogens (tertiary/aromatic N) is 2. The van der Waals surface area contributed by atoms with Crippen LogP contribution >= 0.6 is 0 Å². The molecule has 0 aliphatic heterocycles. The molecule has 1 aliphatic carbocycles. The van der Waals surface area contributed by atoms with E-state index in [1.165, 1.54) is 12.8 Å². The number of amides is 1. The van der Waals surface area contributed by atoms with Crippen molar-refractivity contribution < 1.29 is 9.53 Å². The van der Waals surface area contributed by atoms with E-state index in [-0.39, 0.29) is 5.91 Å². The van der Waals surface area contributed by atoms with Gasteiger partial charge in [0.1, 0.15) is 0 Å². The summed E-state index contributed by atoms with van der Waals surface area (Å²) in [5, 5.41) is 6.25. The number of nitrogens with one attached hydrogen (secondary N) is 2. The van der Waals surface area contributed by atoms with Crippen molar-refractivity contribution in [3.05, 3.63) is 35.4 Å². The van der Waals surface area contributed by atoms with Gasteiger partial charge in [0, 0.05) is 45.9 Å². The van der Waals surface area contributed by atoms with Crippen molar-refractivity contribution in [3.8, 4) is 0 Å². The van der Waals surface area contributed by atoms with E-state index in [0.717, 1.165) is 37.0 Å². The number of aliphatic imine (C=N–C) groups is 1. The molecule has 0 spiro atoms. The van der Waals surface area contributed by atoms with Crippen molar-refractivity contribution in [1.29, 1.82) is 0 Å². The summed E-state index contributed by atoms with van der Waals surface area (Å²) in [4.78, 5) is 18.5. The van der Waals surface area contributed by atoms with Gasteiger partial charge in [-0.2, -0.15) is 0 Å². The summed E-state index contributed by atoms with van der Waals surface area (Å²) < 4.78 is 5.69. The molecule has 0 atom stereocenters. The van der Waals surface area contributed by atoms with Gasteiger partial charge < -0.3 is 20.3 Å². The van der Waals surface area contributed by atoms with Gasteiger partial charge >= 0.3 is 0 Å². The Balaban J connectivity index is 1.78. The Labute approximate surface area is 157 Å². The summed E-state index contributed by atoms with van der Waals surface area (Å²) in [5.41, 5.74) is 1.74. The first-order valence-corrected chi connectivity index (χ1v) is 9.50. The molecule has 1 saturated carbocycles. The van der Waals surface area contributed by atoms with Gasteiger partial charge in [0.25, 0.3) is 5.91 Å². The fourth-order valence-electron chi connectivity index (χ4n) is 2.57. The van der Waals surface area contributed by atoms with Crippen LogP contribution in [0.4, 0.5) is 0 Å². The topological polar surface area (TPSA) is 66.0 Å². The minimum Gasteiger partial charge on any atom is -0.379 e. The Morgan fingerprint density at radius 3 is 2.85 bits per heavy atom. The highest BCUT2D eigenvalue weighted by Crippen LogP contribution is 2.28. The van der Waals surface area contributed by atoms with Gasteiger partial charge in [-0.3, -0.25) is 9.79 Å². The fourth-order valence-corrected chi connectivity index (χ4v) is 2.57. The molecule has 6 nitrogen and oxygen atoms in total. The summed E-state index contributed by atoms with van der Waals surface area (Å²) in [6, 6.07) is 7.68. The van der Waals surface area contributed by atoms with E-state index in [2.05, 4.69) is 20.5 Å². The van der Waals surface area contributed by atoms with E-state index in [1.807, 2.05) is 38.2 Å². The van der Waals surface area contributed by atoms with Crippen LogP contribution in [-0.2, 0) is 11.3 Å². The van der Waals surface area contributed by atoms with Gasteiger partial charge in [0.15, 0.2) is 5.96 Å². The molecular weight excluding hydrogens is 328 g/mol. The lowest BCUT2D eigenvalue weighted by atomic mass is 10.1. The third-order valence-electron chi connectivity index (χ3n) is 4.37. The number of ether oxygens (including phenoxy) is 1. The van der Waals surface area contributed by atoms with Crippen molar-refractivity contribution >= 4 is 11.9 Å². The number of likely N-dealkylation sites (N-methyl/N-ethyl adjacent to an activating group) is 1. The Morgan fingerprint density at radius 1 is 1.35 bits per heavy atom.